The van der Waals surface area contributed by atoms with Crippen molar-refractivity contribution in [3.05, 3.63) is 53.3 Å². The molecule has 0 bridgehead atoms. The number of hydrogen-bond acceptors (Lipinski definition) is 4. The number of sulfonamides is 1. The molecule has 0 amide bonds. The summed E-state index contributed by atoms with van der Waals surface area (Å²) in [4.78, 5) is 0.884. The Hall–Kier alpha value is -2.33. The van der Waals surface area contributed by atoms with Crippen LogP contribution in [0.3, 0.4) is 0 Å². The molecule has 0 saturated carbocycles. The van der Waals surface area contributed by atoms with Gasteiger partial charge < -0.3 is 10.2 Å². The number of alkyl halides is 3. The quantitative estimate of drug-likeness (QED) is 0.721. The van der Waals surface area contributed by atoms with E-state index >= 15 is 0 Å². The minimum absolute atomic E-state index is 0.126. The Morgan fingerprint density at radius 3 is 2.55 bits per heavy atom. The lowest BCUT2D eigenvalue weighted by molar-refractivity contribution is -0.139. The smallest absolute Gasteiger partial charge is 0.381 e. The van der Waals surface area contributed by atoms with Crippen LogP contribution in [0.4, 0.5) is 28.9 Å². The number of nitrogens with zero attached hydrogens (tertiary/aromatic N) is 1. The maximum absolute atomic E-state index is 14.2. The van der Waals surface area contributed by atoms with Gasteiger partial charge >= 0.3 is 6.18 Å². The van der Waals surface area contributed by atoms with Crippen LogP contribution in [0.15, 0.2) is 41.3 Å². The largest absolute Gasteiger partial charge is 0.417 e. The van der Waals surface area contributed by atoms with E-state index in [-0.39, 0.29) is 17.5 Å². The van der Waals surface area contributed by atoms with Gasteiger partial charge in [0.25, 0.3) is 0 Å². The lowest BCUT2D eigenvalue weighted by atomic mass is 10.0. The molecule has 1 heterocycles. The molecule has 1 saturated heterocycles. The second kappa shape index (κ2) is 7.83. The van der Waals surface area contributed by atoms with Crippen LogP contribution in [-0.4, -0.2) is 27.5 Å². The maximum Gasteiger partial charge on any atom is 0.417 e. The Morgan fingerprint density at radius 2 is 1.90 bits per heavy atom. The van der Waals surface area contributed by atoms with Crippen molar-refractivity contribution in [3.8, 4) is 0 Å². The summed E-state index contributed by atoms with van der Waals surface area (Å²) in [5.41, 5.74) is 0.172. The molecule has 0 radical (unpaired) electrons. The standard InChI is InChI=1S/C19H21F4N3O2S/c1-12-4-6-16(20)17(9-12)26-8-2-3-14(11-26)25-13-5-7-18(29(24,27)28)15(10-13)19(21,22)23/h4-7,9-10,14,25H,2-3,8,11H2,1H3,(H2,24,27,28). The van der Waals surface area contributed by atoms with E-state index in [1.165, 1.54) is 12.1 Å². The number of aryl methyl sites for hydroxylation is 1. The average Bonchev–Trinajstić information content (AvgIpc) is 2.62. The number of halogens is 4. The van der Waals surface area contributed by atoms with Crippen molar-refractivity contribution in [1.82, 2.24) is 0 Å². The van der Waals surface area contributed by atoms with E-state index in [1.807, 2.05) is 11.8 Å². The Balaban J connectivity index is 1.83. The highest BCUT2D eigenvalue weighted by atomic mass is 32.2. The fourth-order valence-corrected chi connectivity index (χ4v) is 4.24. The van der Waals surface area contributed by atoms with Crippen LogP contribution >= 0.6 is 0 Å². The van der Waals surface area contributed by atoms with Crippen LogP contribution in [-0.2, 0) is 16.2 Å². The topological polar surface area (TPSA) is 75.4 Å². The molecule has 5 nitrogen and oxygen atoms in total. The summed E-state index contributed by atoms with van der Waals surface area (Å²) in [6.07, 6.45) is -3.46. The number of nitrogens with one attached hydrogen (secondary N) is 1. The highest BCUT2D eigenvalue weighted by Gasteiger charge is 2.37. The van der Waals surface area contributed by atoms with Gasteiger partial charge in [-0.1, -0.05) is 6.07 Å². The Bertz CT molecular complexity index is 1010. The lowest BCUT2D eigenvalue weighted by Crippen LogP contribution is -2.42. The molecule has 3 rings (SSSR count). The van der Waals surface area contributed by atoms with Gasteiger partial charge in [0.1, 0.15) is 5.82 Å². The van der Waals surface area contributed by atoms with Gasteiger partial charge in [-0.05, 0) is 55.7 Å². The number of benzene rings is 2. The second-order valence-corrected chi connectivity index (χ2v) is 8.67. The molecule has 10 heteroatoms. The number of nitrogens with two attached hydrogens (primary N) is 1. The Morgan fingerprint density at radius 1 is 1.17 bits per heavy atom. The maximum atomic E-state index is 14.2. The average molecular weight is 431 g/mol. The number of primary sulfonamides is 1. The molecule has 1 atom stereocenters. The molecule has 1 unspecified atom stereocenters. The van der Waals surface area contributed by atoms with Crippen molar-refractivity contribution in [3.63, 3.8) is 0 Å². The number of anilines is 2. The lowest BCUT2D eigenvalue weighted by Gasteiger charge is -2.35. The van der Waals surface area contributed by atoms with Crippen LogP contribution in [0, 0.1) is 12.7 Å². The van der Waals surface area contributed by atoms with Gasteiger partial charge in [0.2, 0.25) is 10.0 Å². The normalized spacial score (nSPS) is 18.0. The van der Waals surface area contributed by atoms with Gasteiger partial charge in [-0.15, -0.1) is 0 Å². The molecular formula is C19H21F4N3O2S. The molecule has 3 N–H and O–H groups in total. The van der Waals surface area contributed by atoms with Crippen LogP contribution < -0.4 is 15.4 Å². The highest BCUT2D eigenvalue weighted by molar-refractivity contribution is 7.89. The van der Waals surface area contributed by atoms with Gasteiger partial charge in [0, 0.05) is 24.8 Å². The number of rotatable bonds is 4. The summed E-state index contributed by atoms with van der Waals surface area (Å²) in [5, 5.41) is 7.91. The first-order valence-electron chi connectivity index (χ1n) is 8.97. The van der Waals surface area contributed by atoms with E-state index in [0.717, 1.165) is 24.1 Å². The summed E-state index contributed by atoms with van der Waals surface area (Å²) in [6.45, 7) is 2.89. The third kappa shape index (κ3) is 4.99. The van der Waals surface area contributed by atoms with Crippen molar-refractivity contribution in [1.29, 1.82) is 0 Å². The minimum Gasteiger partial charge on any atom is -0.381 e. The molecule has 29 heavy (non-hydrogen) atoms. The zero-order valence-corrected chi connectivity index (χ0v) is 16.4. The van der Waals surface area contributed by atoms with E-state index in [2.05, 4.69) is 5.32 Å². The first-order valence-corrected chi connectivity index (χ1v) is 10.5. The fraction of sp³-hybridized carbons (Fsp3) is 0.368. The van der Waals surface area contributed by atoms with E-state index < -0.39 is 26.7 Å². The summed E-state index contributed by atoms with van der Waals surface area (Å²) in [6, 6.07) is 7.41. The minimum atomic E-state index is -4.87. The summed E-state index contributed by atoms with van der Waals surface area (Å²) >= 11 is 0. The van der Waals surface area contributed by atoms with Gasteiger partial charge in [0.05, 0.1) is 16.1 Å². The molecule has 158 valence electrons. The monoisotopic (exact) mass is 431 g/mol. The first kappa shape index (κ1) is 21.4. The summed E-state index contributed by atoms with van der Waals surface area (Å²) in [5.74, 6) is -0.354. The van der Waals surface area contributed by atoms with Crippen molar-refractivity contribution < 1.29 is 26.0 Å². The fourth-order valence-electron chi connectivity index (χ4n) is 3.50. The Labute approximate surface area is 166 Å². The van der Waals surface area contributed by atoms with Crippen LogP contribution in [0.5, 0.6) is 0 Å². The highest BCUT2D eigenvalue weighted by Crippen LogP contribution is 2.36. The summed E-state index contributed by atoms with van der Waals surface area (Å²) in [7, 11) is -4.52. The van der Waals surface area contributed by atoms with Crippen LogP contribution in [0.25, 0.3) is 0 Å². The van der Waals surface area contributed by atoms with Crippen LogP contribution in [0.2, 0.25) is 0 Å². The predicted molar refractivity (Wildman–Crippen MR) is 103 cm³/mol. The first-order chi connectivity index (χ1) is 13.4. The zero-order valence-electron chi connectivity index (χ0n) is 15.6. The van der Waals surface area contributed by atoms with Gasteiger partial charge in [0.15, 0.2) is 0 Å². The van der Waals surface area contributed by atoms with Crippen molar-refractivity contribution in [2.75, 3.05) is 23.3 Å². The van der Waals surface area contributed by atoms with E-state index in [0.29, 0.717) is 25.2 Å². The zero-order chi connectivity index (χ0) is 21.4. The van der Waals surface area contributed by atoms with E-state index in [1.54, 1.807) is 12.1 Å². The molecule has 0 spiro atoms. The van der Waals surface area contributed by atoms with E-state index in [4.69, 9.17) is 5.14 Å². The second-order valence-electron chi connectivity index (χ2n) is 7.14. The van der Waals surface area contributed by atoms with Crippen molar-refractivity contribution in [2.45, 2.75) is 36.9 Å². The predicted octanol–water partition coefficient (Wildman–Crippen LogP) is 3.88. The Kier molecular flexibility index (Phi) is 5.77. The molecule has 1 aliphatic heterocycles. The molecule has 0 aromatic heterocycles. The van der Waals surface area contributed by atoms with Gasteiger partial charge in [-0.2, -0.15) is 13.2 Å². The number of piperidine rings is 1. The van der Waals surface area contributed by atoms with Crippen molar-refractivity contribution >= 4 is 21.4 Å². The van der Waals surface area contributed by atoms with Gasteiger partial charge in [-0.25, -0.2) is 17.9 Å². The summed E-state index contributed by atoms with van der Waals surface area (Å²) < 4.78 is 77.1. The number of hydrogen-bond donors (Lipinski definition) is 2. The molecule has 1 fully saturated rings. The van der Waals surface area contributed by atoms with Crippen LogP contribution in [0.1, 0.15) is 24.0 Å². The van der Waals surface area contributed by atoms with Crippen molar-refractivity contribution in [2.24, 2.45) is 5.14 Å². The third-order valence-electron chi connectivity index (χ3n) is 4.83. The molecule has 1 aliphatic rings. The molecular weight excluding hydrogens is 410 g/mol. The van der Waals surface area contributed by atoms with E-state index in [9.17, 15) is 26.0 Å². The molecule has 2 aromatic carbocycles. The molecule has 0 aliphatic carbocycles. The SMILES string of the molecule is Cc1ccc(F)c(N2CCCC(Nc3ccc(S(N)(=O)=O)c(C(F)(F)F)c3)C2)c1. The third-order valence-corrected chi connectivity index (χ3v) is 5.80. The van der Waals surface area contributed by atoms with Gasteiger partial charge in [-0.3, -0.25) is 0 Å². The molecule has 2 aromatic rings.